The SMILES string of the molecule is O=C(CCCCCCC(=O)Nc1ccc(C2CC(CSc3nc(-c4ccccc4)c(-c4ccccc4)o3)OC(c3ccc(CO)cc3)O2)cc1)NO. The van der Waals surface area contributed by atoms with Crippen molar-refractivity contribution in [3.63, 3.8) is 0 Å². The van der Waals surface area contributed by atoms with Gasteiger partial charge in [0, 0.05) is 47.4 Å². The number of nitrogens with one attached hydrogen (secondary N) is 2. The minimum Gasteiger partial charge on any atom is -0.431 e. The first-order valence-electron chi connectivity index (χ1n) is 17.6. The number of aromatic nitrogens is 1. The summed E-state index contributed by atoms with van der Waals surface area (Å²) in [7, 11) is 0. The monoisotopic (exact) mass is 721 g/mol. The van der Waals surface area contributed by atoms with E-state index in [1.807, 2.05) is 109 Å². The van der Waals surface area contributed by atoms with Gasteiger partial charge in [0.05, 0.1) is 18.8 Å². The molecule has 0 radical (unpaired) electrons. The van der Waals surface area contributed by atoms with E-state index in [1.54, 1.807) is 5.48 Å². The van der Waals surface area contributed by atoms with Crippen molar-refractivity contribution in [1.29, 1.82) is 0 Å². The number of aliphatic hydroxyl groups is 1. The molecule has 11 heteroatoms. The molecule has 4 N–H and O–H groups in total. The van der Waals surface area contributed by atoms with E-state index >= 15 is 0 Å². The second-order valence-electron chi connectivity index (χ2n) is 12.7. The van der Waals surface area contributed by atoms with Crippen molar-refractivity contribution in [2.75, 3.05) is 11.1 Å². The van der Waals surface area contributed by atoms with Gasteiger partial charge in [0.15, 0.2) is 12.1 Å². The Morgan fingerprint density at radius 1 is 0.750 bits per heavy atom. The van der Waals surface area contributed by atoms with Gasteiger partial charge < -0.3 is 24.3 Å². The van der Waals surface area contributed by atoms with Crippen molar-refractivity contribution >= 4 is 29.3 Å². The van der Waals surface area contributed by atoms with Crippen molar-refractivity contribution in [2.24, 2.45) is 0 Å². The highest BCUT2D eigenvalue weighted by Gasteiger charge is 2.33. The number of hydrogen-bond donors (Lipinski definition) is 4. The third-order valence-corrected chi connectivity index (χ3v) is 9.81. The molecular formula is C41H43N3O7S. The second-order valence-corrected chi connectivity index (χ2v) is 13.6. The number of anilines is 1. The Balaban J connectivity index is 1.12. The number of amides is 2. The topological polar surface area (TPSA) is 143 Å². The van der Waals surface area contributed by atoms with Gasteiger partial charge in [0.2, 0.25) is 11.8 Å². The molecule has 0 spiro atoms. The number of oxazole rings is 1. The van der Waals surface area contributed by atoms with Crippen LogP contribution in [0.4, 0.5) is 5.69 Å². The summed E-state index contributed by atoms with van der Waals surface area (Å²) in [4.78, 5) is 28.6. The zero-order chi connectivity index (χ0) is 36.1. The highest BCUT2D eigenvalue weighted by molar-refractivity contribution is 7.99. The number of unbranched alkanes of at least 4 members (excludes halogenated alkanes) is 3. The summed E-state index contributed by atoms with van der Waals surface area (Å²) in [5.74, 6) is 0.842. The predicted molar refractivity (Wildman–Crippen MR) is 199 cm³/mol. The zero-order valence-corrected chi connectivity index (χ0v) is 29.6. The van der Waals surface area contributed by atoms with Crippen molar-refractivity contribution in [3.05, 3.63) is 126 Å². The van der Waals surface area contributed by atoms with Crippen molar-refractivity contribution in [2.45, 2.75) is 75.3 Å². The molecular weight excluding hydrogens is 679 g/mol. The van der Waals surface area contributed by atoms with Crippen LogP contribution in [-0.2, 0) is 25.7 Å². The summed E-state index contributed by atoms with van der Waals surface area (Å²) in [5, 5.41) is 21.7. The molecule has 10 nitrogen and oxygen atoms in total. The van der Waals surface area contributed by atoms with Gasteiger partial charge in [-0.3, -0.25) is 14.8 Å². The van der Waals surface area contributed by atoms with Crippen LogP contribution in [0.1, 0.15) is 74.0 Å². The van der Waals surface area contributed by atoms with Crippen LogP contribution in [0.3, 0.4) is 0 Å². The number of rotatable bonds is 16. The second kappa shape index (κ2) is 18.6. The standard InChI is InChI=1S/C41H43N3O7S/c45-26-28-17-19-32(20-18-28)40-49-34(27-52-41-43-38(30-11-5-3-6-12-30)39(51-41)31-13-7-4-8-14-31)25-35(50-40)29-21-23-33(24-22-29)42-36(46)15-9-1-2-10-16-37(47)44-48/h3-8,11-14,17-24,34-35,40,45,48H,1-2,9-10,15-16,25-27H2,(H,42,46)(H,44,47). The number of carbonyl (C=O) groups excluding carboxylic acids is 2. The van der Waals surface area contributed by atoms with Crippen LogP contribution in [0.2, 0.25) is 0 Å². The summed E-state index contributed by atoms with van der Waals surface area (Å²) in [5.41, 5.74) is 7.69. The van der Waals surface area contributed by atoms with Gasteiger partial charge in [0.1, 0.15) is 5.69 Å². The molecule has 270 valence electrons. The number of hydroxylamine groups is 1. The molecule has 0 bridgehead atoms. The van der Waals surface area contributed by atoms with Crippen LogP contribution in [-0.4, -0.2) is 39.0 Å². The first-order valence-corrected chi connectivity index (χ1v) is 18.6. The first-order chi connectivity index (χ1) is 25.5. The maximum atomic E-state index is 12.6. The maximum Gasteiger partial charge on any atom is 0.256 e. The molecule has 3 unspecified atom stereocenters. The zero-order valence-electron chi connectivity index (χ0n) is 28.8. The molecule has 52 heavy (non-hydrogen) atoms. The summed E-state index contributed by atoms with van der Waals surface area (Å²) in [6, 6.07) is 35.3. The third-order valence-electron chi connectivity index (χ3n) is 8.85. The normalized spacial score (nSPS) is 17.1. The van der Waals surface area contributed by atoms with Gasteiger partial charge in [-0.05, 0) is 36.1 Å². The van der Waals surface area contributed by atoms with Gasteiger partial charge in [-0.2, -0.15) is 0 Å². The van der Waals surface area contributed by atoms with E-state index in [-0.39, 0.29) is 31.1 Å². The van der Waals surface area contributed by atoms with E-state index in [0.717, 1.165) is 58.5 Å². The Bertz CT molecular complexity index is 1810. The van der Waals surface area contributed by atoms with Gasteiger partial charge in [-0.1, -0.05) is 122 Å². The number of ether oxygens (including phenoxy) is 2. The number of nitrogens with zero attached hydrogens (tertiary/aromatic N) is 1. The van der Waals surface area contributed by atoms with Crippen LogP contribution in [0.5, 0.6) is 0 Å². The lowest BCUT2D eigenvalue weighted by atomic mass is 10.0. The number of hydrogen-bond acceptors (Lipinski definition) is 9. The average molecular weight is 722 g/mol. The van der Waals surface area contributed by atoms with Gasteiger partial charge >= 0.3 is 0 Å². The Hall–Kier alpha value is -4.78. The van der Waals surface area contributed by atoms with Crippen LogP contribution in [0.25, 0.3) is 22.6 Å². The molecule has 1 aliphatic rings. The minimum atomic E-state index is -0.626. The lowest BCUT2D eigenvalue weighted by Crippen LogP contribution is -2.31. The highest BCUT2D eigenvalue weighted by atomic mass is 32.2. The quantitative estimate of drug-likeness (QED) is 0.0341. The van der Waals surface area contributed by atoms with Crippen LogP contribution in [0.15, 0.2) is 119 Å². The van der Waals surface area contributed by atoms with Crippen molar-refractivity contribution in [1.82, 2.24) is 10.5 Å². The van der Waals surface area contributed by atoms with Crippen LogP contribution in [0, 0.1) is 0 Å². The molecule has 6 rings (SSSR count). The molecule has 2 amide bonds. The van der Waals surface area contributed by atoms with E-state index in [9.17, 15) is 14.7 Å². The van der Waals surface area contributed by atoms with Gasteiger partial charge in [-0.15, -0.1) is 0 Å². The Morgan fingerprint density at radius 3 is 2.04 bits per heavy atom. The predicted octanol–water partition coefficient (Wildman–Crippen LogP) is 8.62. The molecule has 4 aromatic carbocycles. The summed E-state index contributed by atoms with van der Waals surface area (Å²) >= 11 is 1.51. The van der Waals surface area contributed by atoms with E-state index in [2.05, 4.69) is 5.32 Å². The largest absolute Gasteiger partial charge is 0.431 e. The van der Waals surface area contributed by atoms with Crippen molar-refractivity contribution in [3.8, 4) is 22.6 Å². The summed E-state index contributed by atoms with van der Waals surface area (Å²) < 4.78 is 19.4. The first kappa shape index (κ1) is 37.0. The lowest BCUT2D eigenvalue weighted by Gasteiger charge is -2.36. The molecule has 1 saturated heterocycles. The molecule has 0 saturated carbocycles. The average Bonchev–Trinajstić information content (AvgIpc) is 3.63. The number of benzene rings is 4. The highest BCUT2D eigenvalue weighted by Crippen LogP contribution is 2.41. The summed E-state index contributed by atoms with van der Waals surface area (Å²) in [6.45, 7) is -0.0466. The molecule has 2 heterocycles. The van der Waals surface area contributed by atoms with Crippen LogP contribution < -0.4 is 10.8 Å². The fourth-order valence-electron chi connectivity index (χ4n) is 6.05. The van der Waals surface area contributed by atoms with E-state index in [1.165, 1.54) is 11.8 Å². The van der Waals surface area contributed by atoms with Crippen molar-refractivity contribution < 1.29 is 33.8 Å². The Kier molecular flexibility index (Phi) is 13.3. The Labute approximate surface area is 307 Å². The fourth-order valence-corrected chi connectivity index (χ4v) is 6.89. The smallest absolute Gasteiger partial charge is 0.256 e. The van der Waals surface area contributed by atoms with Gasteiger partial charge in [-0.25, -0.2) is 10.5 Å². The molecule has 3 atom stereocenters. The fraction of sp³-hybridized carbons (Fsp3) is 0.293. The number of aliphatic hydroxyl groups excluding tert-OH is 1. The minimum absolute atomic E-state index is 0.0466. The van der Waals surface area contributed by atoms with Crippen LogP contribution >= 0.6 is 11.8 Å². The summed E-state index contributed by atoms with van der Waals surface area (Å²) in [6.07, 6.45) is 3.19. The lowest BCUT2D eigenvalue weighted by molar-refractivity contribution is -0.245. The molecule has 1 fully saturated rings. The third kappa shape index (κ3) is 10.2. The molecule has 0 aliphatic carbocycles. The van der Waals surface area contributed by atoms with E-state index in [0.29, 0.717) is 35.9 Å². The van der Waals surface area contributed by atoms with Gasteiger partial charge in [0.25, 0.3) is 5.22 Å². The molecule has 5 aromatic rings. The number of thioether (sulfide) groups is 1. The van der Waals surface area contributed by atoms with E-state index < -0.39 is 12.2 Å². The maximum absolute atomic E-state index is 12.6. The van der Waals surface area contributed by atoms with E-state index in [4.69, 9.17) is 24.1 Å². The molecule has 1 aliphatic heterocycles. The molecule has 1 aromatic heterocycles. The Morgan fingerprint density at radius 2 is 1.38 bits per heavy atom. The number of carbonyl (C=O) groups is 2.